The summed E-state index contributed by atoms with van der Waals surface area (Å²) < 4.78 is 6.18. The Kier molecular flexibility index (Phi) is 3.92. The Morgan fingerprint density at radius 2 is 2.11 bits per heavy atom. The second kappa shape index (κ2) is 5.28. The van der Waals surface area contributed by atoms with Crippen LogP contribution in [0.2, 0.25) is 0 Å². The first kappa shape index (κ1) is 13.4. The summed E-state index contributed by atoms with van der Waals surface area (Å²) in [6, 6.07) is 5.29. The van der Waals surface area contributed by atoms with Gasteiger partial charge < -0.3 is 15.8 Å². The highest BCUT2D eigenvalue weighted by Crippen LogP contribution is 2.23. The zero-order chi connectivity index (χ0) is 13.2. The number of hydrogen-bond donors (Lipinski definition) is 2. The molecule has 0 bridgehead atoms. The van der Waals surface area contributed by atoms with E-state index in [9.17, 15) is 4.79 Å². The number of nitrogens with two attached hydrogens (primary N) is 1. The zero-order valence-corrected chi connectivity index (χ0v) is 11.9. The van der Waals surface area contributed by atoms with Crippen molar-refractivity contribution in [2.24, 2.45) is 0 Å². The van der Waals surface area contributed by atoms with Crippen molar-refractivity contribution in [3.05, 3.63) is 28.2 Å². The monoisotopic (exact) mass is 312 g/mol. The lowest BCUT2D eigenvalue weighted by Crippen LogP contribution is -2.49. The maximum absolute atomic E-state index is 12.2. The summed E-state index contributed by atoms with van der Waals surface area (Å²) in [6.07, 6.45) is 1.66. The summed E-state index contributed by atoms with van der Waals surface area (Å²) in [5.74, 6) is -0.121. The molecule has 0 aliphatic carbocycles. The van der Waals surface area contributed by atoms with Gasteiger partial charge in [0.25, 0.3) is 5.91 Å². The van der Waals surface area contributed by atoms with Crippen molar-refractivity contribution in [1.29, 1.82) is 0 Å². The summed E-state index contributed by atoms with van der Waals surface area (Å²) in [5, 5.41) is 3.06. The number of anilines is 1. The smallest absolute Gasteiger partial charge is 0.253 e. The topological polar surface area (TPSA) is 64.4 Å². The molecule has 0 radical (unpaired) electrons. The number of ether oxygens (including phenoxy) is 1. The van der Waals surface area contributed by atoms with Gasteiger partial charge in [-0.1, -0.05) is 15.9 Å². The molecule has 4 nitrogen and oxygen atoms in total. The highest BCUT2D eigenvalue weighted by molar-refractivity contribution is 9.10. The van der Waals surface area contributed by atoms with Crippen molar-refractivity contribution < 1.29 is 9.53 Å². The van der Waals surface area contributed by atoms with Gasteiger partial charge in [-0.2, -0.15) is 0 Å². The fraction of sp³-hybridized carbons (Fsp3) is 0.462. The van der Waals surface area contributed by atoms with E-state index >= 15 is 0 Å². The van der Waals surface area contributed by atoms with Crippen LogP contribution in [0.4, 0.5) is 5.69 Å². The number of benzene rings is 1. The van der Waals surface area contributed by atoms with Crippen LogP contribution in [-0.4, -0.2) is 24.7 Å². The van der Waals surface area contributed by atoms with E-state index in [0.717, 1.165) is 17.3 Å². The third-order valence-corrected chi connectivity index (χ3v) is 3.76. The molecule has 0 saturated carbocycles. The molecule has 18 heavy (non-hydrogen) atoms. The Morgan fingerprint density at radius 3 is 2.72 bits per heavy atom. The van der Waals surface area contributed by atoms with E-state index in [4.69, 9.17) is 10.5 Å². The van der Waals surface area contributed by atoms with E-state index in [1.54, 1.807) is 12.1 Å². The van der Waals surface area contributed by atoms with E-state index in [-0.39, 0.29) is 11.4 Å². The highest BCUT2D eigenvalue weighted by atomic mass is 79.9. The van der Waals surface area contributed by atoms with E-state index in [0.29, 0.717) is 24.5 Å². The second-order valence-electron chi connectivity index (χ2n) is 4.86. The third-order valence-electron chi connectivity index (χ3n) is 3.27. The molecule has 1 aliphatic heterocycles. The standard InChI is InChI=1S/C13H17BrN2O2/c1-13(4-6-18-7-5-13)16-12(17)10-3-2-9(14)8-11(10)15/h2-3,8H,4-7,15H2,1H3,(H,16,17). The van der Waals surface area contributed by atoms with Crippen LogP contribution in [0.1, 0.15) is 30.1 Å². The number of halogens is 1. The molecule has 1 aromatic carbocycles. The predicted molar refractivity (Wildman–Crippen MR) is 74.5 cm³/mol. The number of nitrogen functional groups attached to an aromatic ring is 1. The van der Waals surface area contributed by atoms with Gasteiger partial charge in [0.1, 0.15) is 0 Å². The van der Waals surface area contributed by atoms with E-state index in [2.05, 4.69) is 21.2 Å². The SMILES string of the molecule is CC1(NC(=O)c2ccc(Br)cc2N)CCOCC1. The zero-order valence-electron chi connectivity index (χ0n) is 10.3. The second-order valence-corrected chi connectivity index (χ2v) is 5.77. The Hall–Kier alpha value is -1.07. The molecule has 1 fully saturated rings. The van der Waals surface area contributed by atoms with Crippen LogP contribution in [-0.2, 0) is 4.74 Å². The molecule has 1 amide bonds. The summed E-state index contributed by atoms with van der Waals surface area (Å²) in [5.41, 5.74) is 6.66. The molecule has 1 aromatic rings. The number of rotatable bonds is 2. The van der Waals surface area contributed by atoms with Crippen LogP contribution in [0.5, 0.6) is 0 Å². The van der Waals surface area contributed by atoms with Gasteiger partial charge in [0.05, 0.1) is 5.56 Å². The van der Waals surface area contributed by atoms with Gasteiger partial charge in [-0.15, -0.1) is 0 Å². The molecule has 2 rings (SSSR count). The van der Waals surface area contributed by atoms with Crippen LogP contribution in [0, 0.1) is 0 Å². The summed E-state index contributed by atoms with van der Waals surface area (Å²) in [4.78, 5) is 12.2. The van der Waals surface area contributed by atoms with Crippen LogP contribution in [0.25, 0.3) is 0 Å². The van der Waals surface area contributed by atoms with Crippen molar-refractivity contribution in [1.82, 2.24) is 5.32 Å². The highest BCUT2D eigenvalue weighted by Gasteiger charge is 2.29. The lowest BCUT2D eigenvalue weighted by molar-refractivity contribution is 0.0423. The molecule has 0 aromatic heterocycles. The van der Waals surface area contributed by atoms with Crippen LogP contribution >= 0.6 is 15.9 Å². The first-order valence-electron chi connectivity index (χ1n) is 5.95. The largest absolute Gasteiger partial charge is 0.398 e. The molecule has 1 aliphatic rings. The van der Waals surface area contributed by atoms with Gasteiger partial charge in [-0.05, 0) is 38.0 Å². The minimum atomic E-state index is -0.200. The van der Waals surface area contributed by atoms with Gasteiger partial charge >= 0.3 is 0 Å². The van der Waals surface area contributed by atoms with Gasteiger partial charge in [0.15, 0.2) is 0 Å². The number of carbonyl (C=O) groups is 1. The molecule has 1 saturated heterocycles. The Bertz CT molecular complexity index is 456. The normalized spacial score (nSPS) is 18.3. The summed E-state index contributed by atoms with van der Waals surface area (Å²) >= 11 is 3.33. The maximum atomic E-state index is 12.2. The Labute approximate surface area is 115 Å². The van der Waals surface area contributed by atoms with Crippen molar-refractivity contribution in [2.75, 3.05) is 18.9 Å². The molecule has 98 valence electrons. The van der Waals surface area contributed by atoms with Crippen molar-refractivity contribution in [2.45, 2.75) is 25.3 Å². The fourth-order valence-electron chi connectivity index (χ4n) is 2.03. The lowest BCUT2D eigenvalue weighted by atomic mass is 9.92. The number of nitrogens with one attached hydrogen (secondary N) is 1. The quantitative estimate of drug-likeness (QED) is 0.824. The number of carbonyl (C=O) groups excluding carboxylic acids is 1. The fourth-order valence-corrected chi connectivity index (χ4v) is 2.41. The van der Waals surface area contributed by atoms with Gasteiger partial charge in [-0.25, -0.2) is 0 Å². The first-order chi connectivity index (χ1) is 8.50. The van der Waals surface area contributed by atoms with Crippen molar-refractivity contribution in [3.63, 3.8) is 0 Å². The van der Waals surface area contributed by atoms with Gasteiger partial charge in [-0.3, -0.25) is 4.79 Å². The lowest BCUT2D eigenvalue weighted by Gasteiger charge is -2.34. The number of amides is 1. The maximum Gasteiger partial charge on any atom is 0.253 e. The minimum Gasteiger partial charge on any atom is -0.398 e. The molecule has 5 heteroatoms. The predicted octanol–water partition coefficient (Wildman–Crippen LogP) is 2.33. The molecular weight excluding hydrogens is 296 g/mol. The van der Waals surface area contributed by atoms with Crippen LogP contribution < -0.4 is 11.1 Å². The third kappa shape index (κ3) is 3.03. The van der Waals surface area contributed by atoms with Crippen molar-refractivity contribution >= 4 is 27.5 Å². The van der Waals surface area contributed by atoms with Gasteiger partial charge in [0, 0.05) is 28.9 Å². The summed E-state index contributed by atoms with van der Waals surface area (Å²) in [6.45, 7) is 3.42. The molecule has 0 atom stereocenters. The Balaban J connectivity index is 2.11. The van der Waals surface area contributed by atoms with Crippen LogP contribution in [0.3, 0.4) is 0 Å². The average Bonchev–Trinajstić information content (AvgIpc) is 2.28. The molecule has 0 spiro atoms. The first-order valence-corrected chi connectivity index (χ1v) is 6.75. The van der Waals surface area contributed by atoms with Gasteiger partial charge in [0.2, 0.25) is 0 Å². The van der Waals surface area contributed by atoms with Crippen molar-refractivity contribution in [3.8, 4) is 0 Å². The molecule has 1 heterocycles. The number of hydrogen-bond acceptors (Lipinski definition) is 3. The minimum absolute atomic E-state index is 0.121. The van der Waals surface area contributed by atoms with E-state index in [1.165, 1.54) is 0 Å². The molecular formula is C13H17BrN2O2. The van der Waals surface area contributed by atoms with E-state index < -0.39 is 0 Å². The average molecular weight is 313 g/mol. The van der Waals surface area contributed by atoms with Crippen LogP contribution in [0.15, 0.2) is 22.7 Å². The molecule has 3 N–H and O–H groups in total. The Morgan fingerprint density at radius 1 is 1.44 bits per heavy atom. The molecule has 0 unspecified atom stereocenters. The van der Waals surface area contributed by atoms with E-state index in [1.807, 2.05) is 13.0 Å². The summed E-state index contributed by atoms with van der Waals surface area (Å²) in [7, 11) is 0.